The molecule has 1 unspecified atom stereocenters. The largest absolute Gasteiger partial charge is 0.465 e. The first-order valence-corrected chi connectivity index (χ1v) is 11.9. The Morgan fingerprint density at radius 1 is 1.09 bits per heavy atom. The number of aryl methyl sites for hydroxylation is 2. The lowest BCUT2D eigenvalue weighted by atomic mass is 9.89. The molecular weight excluding hydrogens is 450 g/mol. The van der Waals surface area contributed by atoms with Gasteiger partial charge in [-0.05, 0) is 25.5 Å². The molecule has 0 bridgehead atoms. The lowest BCUT2D eigenvalue weighted by molar-refractivity contribution is -0.136. The summed E-state index contributed by atoms with van der Waals surface area (Å²) in [7, 11) is -2.88. The Bertz CT molecular complexity index is 1230. The van der Waals surface area contributed by atoms with Gasteiger partial charge in [0.2, 0.25) is 21.8 Å². The summed E-state index contributed by atoms with van der Waals surface area (Å²) in [6.07, 6.45) is 0.0460. The van der Waals surface area contributed by atoms with E-state index in [1.54, 1.807) is 17.0 Å². The van der Waals surface area contributed by atoms with Crippen molar-refractivity contribution in [2.24, 2.45) is 0 Å². The summed E-state index contributed by atoms with van der Waals surface area (Å²) in [5.74, 6) is -1.56. The van der Waals surface area contributed by atoms with Crippen molar-refractivity contribution in [1.82, 2.24) is 9.21 Å². The maximum Gasteiger partial charge on any atom is 0.342 e. The normalized spacial score (nSPS) is 19.1. The predicted octanol–water partition coefficient (Wildman–Crippen LogP) is 1.64. The molecule has 1 aromatic heterocycles. The van der Waals surface area contributed by atoms with E-state index in [2.05, 4.69) is 5.32 Å². The molecule has 1 saturated heterocycles. The van der Waals surface area contributed by atoms with Gasteiger partial charge < -0.3 is 19.4 Å². The molecule has 176 valence electrons. The molecule has 1 fully saturated rings. The number of carbonyl (C=O) groups excluding carboxylic acids is 3. The number of nitrogens with zero attached hydrogens (tertiary/aromatic N) is 2. The quantitative estimate of drug-likeness (QED) is 0.666. The van der Waals surface area contributed by atoms with Crippen LogP contribution in [0.5, 0.6) is 0 Å². The Labute approximate surface area is 191 Å². The highest BCUT2D eigenvalue weighted by Gasteiger charge is 2.39. The minimum absolute atomic E-state index is 0.0460. The summed E-state index contributed by atoms with van der Waals surface area (Å²) in [5, 5.41) is 2.78. The maximum atomic E-state index is 13.3. The van der Waals surface area contributed by atoms with Crippen molar-refractivity contribution in [1.29, 1.82) is 0 Å². The number of furan rings is 1. The van der Waals surface area contributed by atoms with Crippen LogP contribution in [0.3, 0.4) is 0 Å². The first-order valence-electron chi connectivity index (χ1n) is 10.5. The lowest BCUT2D eigenvalue weighted by Crippen LogP contribution is -2.52. The molecule has 2 aliphatic rings. The highest BCUT2D eigenvalue weighted by Crippen LogP contribution is 2.34. The second-order valence-electron chi connectivity index (χ2n) is 8.03. The predicted molar refractivity (Wildman–Crippen MR) is 117 cm³/mol. The average Bonchev–Trinajstić information content (AvgIpc) is 3.11. The summed E-state index contributed by atoms with van der Waals surface area (Å²) in [6, 6.07) is 7.18. The monoisotopic (exact) mass is 475 g/mol. The topological polar surface area (TPSA) is 126 Å². The fourth-order valence-corrected chi connectivity index (χ4v) is 6.23. The van der Waals surface area contributed by atoms with E-state index in [-0.39, 0.29) is 66.4 Å². The van der Waals surface area contributed by atoms with E-state index in [0.717, 1.165) is 5.56 Å². The zero-order valence-corrected chi connectivity index (χ0v) is 19.4. The molecule has 10 nitrogen and oxygen atoms in total. The van der Waals surface area contributed by atoms with Crippen molar-refractivity contribution in [3.63, 3.8) is 0 Å². The van der Waals surface area contributed by atoms with E-state index in [9.17, 15) is 22.8 Å². The number of ether oxygens (including phenoxy) is 1. The van der Waals surface area contributed by atoms with Crippen LogP contribution < -0.4 is 5.32 Å². The second-order valence-corrected chi connectivity index (χ2v) is 9.91. The molecular formula is C22H25N3O7S. The third-order valence-corrected chi connectivity index (χ3v) is 8.09. The molecule has 2 aromatic rings. The van der Waals surface area contributed by atoms with Gasteiger partial charge in [-0.15, -0.1) is 0 Å². The SMILES string of the molecule is COC(=O)c1c(C)oc(C)c1S(=O)(=O)N1CCN(C(=O)C2CC(=O)Nc3ccccc32)CC1. The number of nitrogens with one attached hydrogen (secondary N) is 1. The van der Waals surface area contributed by atoms with Gasteiger partial charge in [0.1, 0.15) is 22.0 Å². The summed E-state index contributed by atoms with van der Waals surface area (Å²) in [4.78, 5) is 38.9. The third-order valence-electron chi connectivity index (χ3n) is 6.04. The fraction of sp³-hybridized carbons (Fsp3) is 0.409. The molecule has 0 radical (unpaired) electrons. The Kier molecular flexibility index (Phi) is 6.02. The summed E-state index contributed by atoms with van der Waals surface area (Å²) in [5.41, 5.74) is 1.26. The number of sulfonamides is 1. The van der Waals surface area contributed by atoms with Gasteiger partial charge in [0, 0.05) is 38.3 Å². The number of amides is 2. The number of hydrogen-bond donors (Lipinski definition) is 1. The first kappa shape index (κ1) is 23.0. The third kappa shape index (κ3) is 4.02. The van der Waals surface area contributed by atoms with Crippen molar-refractivity contribution in [2.45, 2.75) is 31.1 Å². The average molecular weight is 476 g/mol. The van der Waals surface area contributed by atoms with Gasteiger partial charge in [-0.25, -0.2) is 13.2 Å². The molecule has 4 rings (SSSR count). The zero-order chi connectivity index (χ0) is 23.9. The number of para-hydroxylation sites is 1. The maximum absolute atomic E-state index is 13.3. The van der Waals surface area contributed by atoms with Crippen LogP contribution in [0, 0.1) is 13.8 Å². The van der Waals surface area contributed by atoms with Crippen molar-refractivity contribution in [2.75, 3.05) is 38.6 Å². The molecule has 1 N–H and O–H groups in total. The number of esters is 1. The summed E-state index contributed by atoms with van der Waals surface area (Å²) >= 11 is 0. The van der Waals surface area contributed by atoms with Crippen molar-refractivity contribution >= 4 is 33.5 Å². The number of rotatable bonds is 4. The number of carbonyl (C=O) groups is 3. The van der Waals surface area contributed by atoms with E-state index >= 15 is 0 Å². The molecule has 1 aromatic carbocycles. The molecule has 2 aliphatic heterocycles. The van der Waals surface area contributed by atoms with E-state index in [0.29, 0.717) is 5.69 Å². The van der Waals surface area contributed by atoms with Crippen LogP contribution in [0.1, 0.15) is 39.8 Å². The Morgan fingerprint density at radius 2 is 1.76 bits per heavy atom. The van der Waals surface area contributed by atoms with Gasteiger partial charge in [0.25, 0.3) is 0 Å². The second kappa shape index (κ2) is 8.64. The van der Waals surface area contributed by atoms with Gasteiger partial charge in [0.05, 0.1) is 13.0 Å². The molecule has 11 heteroatoms. The summed E-state index contributed by atoms with van der Waals surface area (Å²) in [6.45, 7) is 3.44. The highest BCUT2D eigenvalue weighted by atomic mass is 32.2. The Morgan fingerprint density at radius 3 is 2.42 bits per heavy atom. The van der Waals surface area contributed by atoms with E-state index in [4.69, 9.17) is 9.15 Å². The number of anilines is 1. The van der Waals surface area contributed by atoms with Crippen molar-refractivity contribution in [3.05, 3.63) is 46.9 Å². The van der Waals surface area contributed by atoms with Crippen LogP contribution in [0.4, 0.5) is 5.69 Å². The van der Waals surface area contributed by atoms with Crippen LogP contribution in [-0.4, -0.2) is 68.7 Å². The molecule has 0 spiro atoms. The number of methoxy groups -OCH3 is 1. The molecule has 33 heavy (non-hydrogen) atoms. The van der Waals surface area contributed by atoms with E-state index in [1.807, 2.05) is 12.1 Å². The van der Waals surface area contributed by atoms with Gasteiger partial charge in [-0.2, -0.15) is 4.31 Å². The van der Waals surface area contributed by atoms with Crippen LogP contribution in [0.15, 0.2) is 33.6 Å². The van der Waals surface area contributed by atoms with E-state index in [1.165, 1.54) is 25.3 Å². The van der Waals surface area contributed by atoms with Gasteiger partial charge >= 0.3 is 5.97 Å². The fourth-order valence-electron chi connectivity index (χ4n) is 4.44. The molecule has 0 aliphatic carbocycles. The van der Waals surface area contributed by atoms with Crippen molar-refractivity contribution in [3.8, 4) is 0 Å². The smallest absolute Gasteiger partial charge is 0.342 e. The number of fused-ring (bicyclic) bond motifs is 1. The Hall–Kier alpha value is -3.18. The Balaban J connectivity index is 1.53. The van der Waals surface area contributed by atoms with E-state index < -0.39 is 21.9 Å². The zero-order valence-electron chi connectivity index (χ0n) is 18.6. The number of piperazine rings is 1. The molecule has 2 amide bonds. The standard InChI is InChI=1S/C22H25N3O7S/c1-13-19(22(28)31-3)20(14(2)32-13)33(29,30)25-10-8-24(9-11-25)21(27)16-12-18(26)23-17-7-5-4-6-15(16)17/h4-7,16H,8-12H2,1-3H3,(H,23,26). The van der Waals surface area contributed by atoms with Crippen LogP contribution >= 0.6 is 0 Å². The summed E-state index contributed by atoms with van der Waals surface area (Å²) < 4.78 is 38.1. The van der Waals surface area contributed by atoms with Gasteiger partial charge in [0.15, 0.2) is 0 Å². The molecule has 0 saturated carbocycles. The highest BCUT2D eigenvalue weighted by molar-refractivity contribution is 7.89. The number of hydrogen-bond acceptors (Lipinski definition) is 7. The van der Waals surface area contributed by atoms with Crippen LogP contribution in [-0.2, 0) is 24.3 Å². The van der Waals surface area contributed by atoms with Gasteiger partial charge in [-0.3, -0.25) is 9.59 Å². The van der Waals surface area contributed by atoms with Crippen molar-refractivity contribution < 1.29 is 32.0 Å². The van der Waals surface area contributed by atoms with Gasteiger partial charge in [-0.1, -0.05) is 18.2 Å². The van der Waals surface area contributed by atoms with Crippen LogP contribution in [0.25, 0.3) is 0 Å². The minimum atomic E-state index is -4.05. The molecule has 1 atom stereocenters. The minimum Gasteiger partial charge on any atom is -0.465 e. The number of benzene rings is 1. The first-order chi connectivity index (χ1) is 15.6. The molecule has 3 heterocycles. The van der Waals surface area contributed by atoms with Crippen LogP contribution in [0.2, 0.25) is 0 Å². The lowest BCUT2D eigenvalue weighted by Gasteiger charge is -2.36.